The Kier molecular flexibility index (Phi) is 4.84. The minimum Gasteiger partial charge on any atom is -0.465 e. The molecule has 18 heavy (non-hydrogen) atoms. The van der Waals surface area contributed by atoms with Gasteiger partial charge in [-0.05, 0) is 44.8 Å². The molecule has 3 nitrogen and oxygen atoms in total. The molecule has 1 atom stereocenters. The summed E-state index contributed by atoms with van der Waals surface area (Å²) in [6, 6.07) is 2.22. The Labute approximate surface area is 111 Å². The lowest BCUT2D eigenvalue weighted by atomic mass is 10.2. The fourth-order valence-electron chi connectivity index (χ4n) is 2.63. The van der Waals surface area contributed by atoms with Crippen LogP contribution in [0.15, 0.2) is 10.5 Å². The smallest absolute Gasteiger partial charge is 0.118 e. The molecule has 1 aliphatic heterocycles. The van der Waals surface area contributed by atoms with E-state index in [2.05, 4.69) is 37.1 Å². The molecule has 1 aromatic heterocycles. The second-order valence-corrected chi connectivity index (χ2v) is 5.60. The number of nitrogens with one attached hydrogen (secondary N) is 1. The van der Waals surface area contributed by atoms with Crippen molar-refractivity contribution in [2.75, 3.05) is 19.6 Å². The van der Waals surface area contributed by atoms with E-state index in [4.69, 9.17) is 4.42 Å². The van der Waals surface area contributed by atoms with Crippen LogP contribution in [0.25, 0.3) is 0 Å². The van der Waals surface area contributed by atoms with E-state index in [9.17, 15) is 0 Å². The van der Waals surface area contributed by atoms with Gasteiger partial charge in [0, 0.05) is 18.7 Å². The fourth-order valence-corrected chi connectivity index (χ4v) is 2.63. The summed E-state index contributed by atoms with van der Waals surface area (Å²) in [6.07, 6.45) is 2.50. The second-order valence-electron chi connectivity index (χ2n) is 5.60. The van der Waals surface area contributed by atoms with Gasteiger partial charge < -0.3 is 9.73 Å². The van der Waals surface area contributed by atoms with Crippen molar-refractivity contribution >= 4 is 0 Å². The summed E-state index contributed by atoms with van der Waals surface area (Å²) in [6.45, 7) is 12.0. The zero-order chi connectivity index (χ0) is 13.0. The van der Waals surface area contributed by atoms with Crippen LogP contribution in [0.5, 0.6) is 0 Å². The molecule has 0 bridgehead atoms. The van der Waals surface area contributed by atoms with Crippen LogP contribution in [0.3, 0.4) is 0 Å². The molecule has 1 aromatic rings. The summed E-state index contributed by atoms with van der Waals surface area (Å²) in [5.41, 5.74) is 1.31. The first-order chi connectivity index (χ1) is 8.69. The molecular formula is C15H26N2O. The van der Waals surface area contributed by atoms with Crippen molar-refractivity contribution in [1.82, 2.24) is 10.2 Å². The summed E-state index contributed by atoms with van der Waals surface area (Å²) in [4.78, 5) is 2.49. The number of hydrogen-bond donors (Lipinski definition) is 1. The number of rotatable bonds is 6. The van der Waals surface area contributed by atoms with E-state index in [-0.39, 0.29) is 0 Å². The zero-order valence-electron chi connectivity index (χ0n) is 12.0. The first kappa shape index (κ1) is 13.6. The number of likely N-dealkylation sites (tertiary alicyclic amines) is 1. The first-order valence-corrected chi connectivity index (χ1v) is 7.20. The largest absolute Gasteiger partial charge is 0.465 e. The number of hydrogen-bond acceptors (Lipinski definition) is 3. The number of nitrogens with zero attached hydrogens (tertiary/aromatic N) is 1. The Morgan fingerprint density at radius 1 is 1.50 bits per heavy atom. The Balaban J connectivity index is 1.87. The Bertz CT molecular complexity index is 373. The van der Waals surface area contributed by atoms with E-state index in [1.165, 1.54) is 31.5 Å². The van der Waals surface area contributed by atoms with E-state index in [0.29, 0.717) is 0 Å². The highest BCUT2D eigenvalue weighted by Crippen LogP contribution is 2.21. The Morgan fingerprint density at radius 2 is 2.33 bits per heavy atom. The summed E-state index contributed by atoms with van der Waals surface area (Å²) in [7, 11) is 0. The molecule has 0 amide bonds. The lowest BCUT2D eigenvalue weighted by Gasteiger charge is -2.12. The molecule has 1 fully saturated rings. The molecule has 1 unspecified atom stereocenters. The minimum atomic E-state index is 0.840. The lowest BCUT2D eigenvalue weighted by Crippen LogP contribution is -2.19. The van der Waals surface area contributed by atoms with Crippen LogP contribution >= 0.6 is 0 Å². The molecule has 1 saturated heterocycles. The van der Waals surface area contributed by atoms with E-state index < -0.39 is 0 Å². The minimum absolute atomic E-state index is 0.840. The lowest BCUT2D eigenvalue weighted by molar-refractivity contribution is 0.286. The van der Waals surface area contributed by atoms with Crippen LogP contribution < -0.4 is 5.32 Å². The summed E-state index contributed by atoms with van der Waals surface area (Å²) >= 11 is 0. The molecule has 0 radical (unpaired) electrons. The van der Waals surface area contributed by atoms with E-state index >= 15 is 0 Å². The molecule has 2 rings (SSSR count). The van der Waals surface area contributed by atoms with Crippen LogP contribution in [0.4, 0.5) is 0 Å². The van der Waals surface area contributed by atoms with Crippen LogP contribution in [0, 0.1) is 12.8 Å². The predicted molar refractivity (Wildman–Crippen MR) is 74.5 cm³/mol. The highest BCUT2D eigenvalue weighted by molar-refractivity contribution is 5.20. The van der Waals surface area contributed by atoms with Crippen molar-refractivity contribution in [2.24, 2.45) is 5.92 Å². The van der Waals surface area contributed by atoms with Gasteiger partial charge in [0.1, 0.15) is 11.5 Å². The van der Waals surface area contributed by atoms with Crippen molar-refractivity contribution in [2.45, 2.75) is 46.7 Å². The molecule has 0 aromatic carbocycles. The second kappa shape index (κ2) is 6.39. The van der Waals surface area contributed by atoms with Gasteiger partial charge in [-0.3, -0.25) is 4.90 Å². The normalized spacial score (nSPS) is 20.7. The first-order valence-electron chi connectivity index (χ1n) is 7.20. The van der Waals surface area contributed by atoms with Gasteiger partial charge in [-0.25, -0.2) is 0 Å². The molecule has 0 aliphatic carbocycles. The molecule has 0 spiro atoms. The molecule has 1 aliphatic rings. The third-order valence-corrected chi connectivity index (χ3v) is 3.70. The molecule has 2 heterocycles. The number of furan rings is 1. The van der Waals surface area contributed by atoms with Gasteiger partial charge in [-0.1, -0.05) is 13.8 Å². The van der Waals surface area contributed by atoms with Gasteiger partial charge >= 0.3 is 0 Å². The average molecular weight is 250 g/mol. The SMILES string of the molecule is CCCNCc1cc(CN2CCC(C)C2)oc1C. The average Bonchev–Trinajstić information content (AvgIpc) is 2.87. The fraction of sp³-hybridized carbons (Fsp3) is 0.733. The molecular weight excluding hydrogens is 224 g/mol. The third kappa shape index (κ3) is 3.59. The quantitative estimate of drug-likeness (QED) is 0.787. The maximum atomic E-state index is 5.86. The highest BCUT2D eigenvalue weighted by atomic mass is 16.3. The molecule has 3 heteroatoms. The van der Waals surface area contributed by atoms with Gasteiger partial charge in [-0.2, -0.15) is 0 Å². The maximum absolute atomic E-state index is 5.86. The third-order valence-electron chi connectivity index (χ3n) is 3.70. The van der Waals surface area contributed by atoms with Gasteiger partial charge in [-0.15, -0.1) is 0 Å². The van der Waals surface area contributed by atoms with Crippen molar-refractivity contribution in [3.8, 4) is 0 Å². The highest BCUT2D eigenvalue weighted by Gasteiger charge is 2.20. The van der Waals surface area contributed by atoms with E-state index in [0.717, 1.165) is 37.1 Å². The van der Waals surface area contributed by atoms with Crippen LogP contribution in [-0.2, 0) is 13.1 Å². The number of aryl methyl sites for hydroxylation is 1. The molecule has 1 N–H and O–H groups in total. The summed E-state index contributed by atoms with van der Waals surface area (Å²) in [5, 5.41) is 3.43. The van der Waals surface area contributed by atoms with Crippen molar-refractivity contribution in [1.29, 1.82) is 0 Å². The van der Waals surface area contributed by atoms with Crippen molar-refractivity contribution < 1.29 is 4.42 Å². The summed E-state index contributed by atoms with van der Waals surface area (Å²) in [5.74, 6) is 3.03. The van der Waals surface area contributed by atoms with Crippen molar-refractivity contribution in [3.63, 3.8) is 0 Å². The van der Waals surface area contributed by atoms with Gasteiger partial charge in [0.15, 0.2) is 0 Å². The van der Waals surface area contributed by atoms with Crippen LogP contribution in [0.1, 0.15) is 43.8 Å². The summed E-state index contributed by atoms with van der Waals surface area (Å²) < 4.78 is 5.86. The van der Waals surface area contributed by atoms with Crippen LogP contribution in [0.2, 0.25) is 0 Å². The van der Waals surface area contributed by atoms with E-state index in [1.807, 2.05) is 0 Å². The predicted octanol–water partition coefficient (Wildman–Crippen LogP) is 2.93. The maximum Gasteiger partial charge on any atom is 0.118 e. The van der Waals surface area contributed by atoms with Gasteiger partial charge in [0.25, 0.3) is 0 Å². The van der Waals surface area contributed by atoms with E-state index in [1.54, 1.807) is 0 Å². The van der Waals surface area contributed by atoms with Crippen LogP contribution in [-0.4, -0.2) is 24.5 Å². The monoisotopic (exact) mass is 250 g/mol. The molecule has 102 valence electrons. The molecule has 0 saturated carbocycles. The van der Waals surface area contributed by atoms with Crippen molar-refractivity contribution in [3.05, 3.63) is 23.2 Å². The topological polar surface area (TPSA) is 28.4 Å². The zero-order valence-corrected chi connectivity index (χ0v) is 12.0. The Morgan fingerprint density at radius 3 is 3.00 bits per heavy atom. The van der Waals surface area contributed by atoms with Gasteiger partial charge in [0.2, 0.25) is 0 Å². The standard InChI is InChI=1S/C15H26N2O/c1-4-6-16-9-14-8-15(18-13(14)3)11-17-7-5-12(2)10-17/h8,12,16H,4-7,9-11H2,1-3H3. The Hall–Kier alpha value is -0.800. The van der Waals surface area contributed by atoms with Gasteiger partial charge in [0.05, 0.1) is 6.54 Å².